The first kappa shape index (κ1) is 10.2. The van der Waals surface area contributed by atoms with Crippen LogP contribution in [0.5, 0.6) is 0 Å². The Morgan fingerprint density at radius 3 is 2.35 bits per heavy atom. The summed E-state index contributed by atoms with van der Waals surface area (Å²) in [7, 11) is 0. The number of nitrogens with zero attached hydrogens (tertiary/aromatic N) is 1. The Labute approximate surface area is 116 Å². The maximum atomic E-state index is 4.85. The molecule has 0 bridgehead atoms. The van der Waals surface area contributed by atoms with Gasteiger partial charge in [0.05, 0.1) is 11.4 Å². The van der Waals surface area contributed by atoms with Gasteiger partial charge in [-0.25, -0.2) is 4.99 Å². The zero-order chi connectivity index (χ0) is 13.1. The second-order valence-electron chi connectivity index (χ2n) is 5.32. The first-order chi connectivity index (χ1) is 9.90. The maximum absolute atomic E-state index is 4.85. The largest absolute Gasteiger partial charge is 0.247 e. The number of hydrogen-bond acceptors (Lipinski definition) is 1. The molecule has 0 spiro atoms. The van der Waals surface area contributed by atoms with E-state index in [2.05, 4.69) is 66.7 Å². The topological polar surface area (TPSA) is 12.4 Å². The number of benzene rings is 3. The van der Waals surface area contributed by atoms with E-state index < -0.39 is 0 Å². The molecule has 92 valence electrons. The van der Waals surface area contributed by atoms with Crippen molar-refractivity contribution in [2.45, 2.75) is 0 Å². The van der Waals surface area contributed by atoms with Gasteiger partial charge in [0.2, 0.25) is 0 Å². The lowest BCUT2D eigenvalue weighted by molar-refractivity contribution is 1.54. The molecule has 20 heavy (non-hydrogen) atoms. The summed E-state index contributed by atoms with van der Waals surface area (Å²) in [5.41, 5.74) is 7.29. The standard InChI is InChI=1S/C19H11N/c1-2-6-13-11-18-16(9-12(13)5-1)17-10-14-7-3-4-8-15(14)19(17)20-18/h1-11H. The molecule has 1 aliphatic heterocycles. The second kappa shape index (κ2) is 3.45. The van der Waals surface area contributed by atoms with Gasteiger partial charge in [0.15, 0.2) is 0 Å². The molecule has 0 atom stereocenters. The van der Waals surface area contributed by atoms with E-state index >= 15 is 0 Å². The van der Waals surface area contributed by atoms with Crippen LogP contribution in [0.3, 0.4) is 0 Å². The van der Waals surface area contributed by atoms with Gasteiger partial charge in [-0.3, -0.25) is 0 Å². The van der Waals surface area contributed by atoms with Crippen molar-refractivity contribution >= 4 is 33.8 Å². The SMILES string of the molecule is C1=C2C(=Nc3cc4ccccc4cc32)c2ccccc21. The first-order valence-electron chi connectivity index (χ1n) is 6.83. The van der Waals surface area contributed by atoms with E-state index in [4.69, 9.17) is 4.99 Å². The lowest BCUT2D eigenvalue weighted by Crippen LogP contribution is -1.94. The van der Waals surface area contributed by atoms with Gasteiger partial charge in [-0.15, -0.1) is 0 Å². The van der Waals surface area contributed by atoms with E-state index in [0.717, 1.165) is 11.4 Å². The van der Waals surface area contributed by atoms with Gasteiger partial charge < -0.3 is 0 Å². The molecule has 0 N–H and O–H groups in total. The molecule has 0 unspecified atom stereocenters. The average molecular weight is 253 g/mol. The highest BCUT2D eigenvalue weighted by atomic mass is 14.8. The third-order valence-corrected chi connectivity index (χ3v) is 4.16. The smallest absolute Gasteiger partial charge is 0.0794 e. The van der Waals surface area contributed by atoms with E-state index in [1.165, 1.54) is 33.0 Å². The summed E-state index contributed by atoms with van der Waals surface area (Å²) in [6.45, 7) is 0. The summed E-state index contributed by atoms with van der Waals surface area (Å²) in [4.78, 5) is 4.85. The quantitative estimate of drug-likeness (QED) is 0.544. The fourth-order valence-electron chi connectivity index (χ4n) is 3.19. The first-order valence-corrected chi connectivity index (χ1v) is 6.83. The van der Waals surface area contributed by atoms with Crippen LogP contribution in [-0.4, -0.2) is 5.71 Å². The predicted molar refractivity (Wildman–Crippen MR) is 84.5 cm³/mol. The molecule has 0 radical (unpaired) electrons. The van der Waals surface area contributed by atoms with Crippen molar-refractivity contribution in [2.75, 3.05) is 0 Å². The number of aliphatic imine (C=N–C) groups is 1. The van der Waals surface area contributed by atoms with E-state index in [9.17, 15) is 0 Å². The van der Waals surface area contributed by atoms with Crippen LogP contribution in [-0.2, 0) is 0 Å². The minimum atomic E-state index is 1.10. The Morgan fingerprint density at radius 1 is 0.700 bits per heavy atom. The summed E-state index contributed by atoms with van der Waals surface area (Å²) >= 11 is 0. The number of allylic oxidation sites excluding steroid dienone is 1. The highest BCUT2D eigenvalue weighted by Gasteiger charge is 2.28. The van der Waals surface area contributed by atoms with Crippen LogP contribution in [0.15, 0.2) is 65.7 Å². The Balaban J connectivity index is 1.82. The number of fused-ring (bicyclic) bond motifs is 6. The predicted octanol–water partition coefficient (Wildman–Crippen LogP) is 4.83. The van der Waals surface area contributed by atoms with Gasteiger partial charge in [0.1, 0.15) is 0 Å². The van der Waals surface area contributed by atoms with Crippen molar-refractivity contribution in [1.82, 2.24) is 0 Å². The highest BCUT2D eigenvalue weighted by Crippen LogP contribution is 2.44. The summed E-state index contributed by atoms with van der Waals surface area (Å²) in [5.74, 6) is 0. The van der Waals surface area contributed by atoms with Crippen LogP contribution in [0, 0.1) is 0 Å². The lowest BCUT2D eigenvalue weighted by atomic mass is 10.00. The Morgan fingerprint density at radius 2 is 1.45 bits per heavy atom. The molecule has 0 saturated heterocycles. The normalized spacial score (nSPS) is 14.6. The fraction of sp³-hybridized carbons (Fsp3) is 0. The molecule has 1 nitrogen and oxygen atoms in total. The van der Waals surface area contributed by atoms with Crippen molar-refractivity contribution in [1.29, 1.82) is 0 Å². The molecule has 2 aliphatic rings. The van der Waals surface area contributed by atoms with Gasteiger partial charge in [0, 0.05) is 16.7 Å². The molecule has 1 aliphatic carbocycles. The molecular weight excluding hydrogens is 242 g/mol. The number of hydrogen-bond donors (Lipinski definition) is 0. The van der Waals surface area contributed by atoms with Gasteiger partial charge >= 0.3 is 0 Å². The monoisotopic (exact) mass is 253 g/mol. The molecule has 3 aromatic carbocycles. The third kappa shape index (κ3) is 1.19. The fourth-order valence-corrected chi connectivity index (χ4v) is 3.19. The molecule has 5 rings (SSSR count). The number of rotatable bonds is 0. The Kier molecular flexibility index (Phi) is 1.75. The van der Waals surface area contributed by atoms with Gasteiger partial charge in [-0.2, -0.15) is 0 Å². The molecule has 1 heteroatoms. The van der Waals surface area contributed by atoms with E-state index in [1.807, 2.05) is 0 Å². The molecule has 0 amide bonds. The Hall–Kier alpha value is -2.67. The Bertz CT molecular complexity index is 945. The zero-order valence-electron chi connectivity index (χ0n) is 10.8. The zero-order valence-corrected chi connectivity index (χ0v) is 10.8. The van der Waals surface area contributed by atoms with E-state index in [1.54, 1.807) is 0 Å². The van der Waals surface area contributed by atoms with Crippen molar-refractivity contribution < 1.29 is 0 Å². The molecule has 3 aromatic rings. The van der Waals surface area contributed by atoms with Gasteiger partial charge in [0.25, 0.3) is 0 Å². The van der Waals surface area contributed by atoms with Crippen LogP contribution < -0.4 is 0 Å². The van der Waals surface area contributed by atoms with Crippen LogP contribution >= 0.6 is 0 Å². The molecular formula is C19H11N. The van der Waals surface area contributed by atoms with Crippen LogP contribution in [0.25, 0.3) is 22.4 Å². The highest BCUT2D eigenvalue weighted by molar-refractivity contribution is 6.43. The molecule has 0 saturated carbocycles. The molecule has 0 aromatic heterocycles. The minimum absolute atomic E-state index is 1.10. The van der Waals surface area contributed by atoms with E-state index in [0.29, 0.717) is 0 Å². The van der Waals surface area contributed by atoms with Crippen molar-refractivity contribution in [3.8, 4) is 0 Å². The third-order valence-electron chi connectivity index (χ3n) is 4.16. The van der Waals surface area contributed by atoms with Crippen LogP contribution in [0.4, 0.5) is 5.69 Å². The van der Waals surface area contributed by atoms with Gasteiger partial charge in [-0.05, 0) is 34.5 Å². The van der Waals surface area contributed by atoms with E-state index in [-0.39, 0.29) is 0 Å². The maximum Gasteiger partial charge on any atom is 0.0794 e. The van der Waals surface area contributed by atoms with Crippen molar-refractivity contribution in [2.24, 2.45) is 4.99 Å². The summed E-state index contributed by atoms with van der Waals surface area (Å²) in [6, 6.07) is 21.4. The van der Waals surface area contributed by atoms with Crippen molar-refractivity contribution in [3.05, 3.63) is 77.4 Å². The molecule has 1 heterocycles. The summed E-state index contributed by atoms with van der Waals surface area (Å²) in [6.07, 6.45) is 2.26. The summed E-state index contributed by atoms with van der Waals surface area (Å²) < 4.78 is 0. The minimum Gasteiger partial charge on any atom is -0.247 e. The van der Waals surface area contributed by atoms with Crippen molar-refractivity contribution in [3.63, 3.8) is 0 Å². The average Bonchev–Trinajstić information content (AvgIpc) is 3.01. The van der Waals surface area contributed by atoms with Crippen LogP contribution in [0.2, 0.25) is 0 Å². The lowest BCUT2D eigenvalue weighted by Gasteiger charge is -2.02. The van der Waals surface area contributed by atoms with Crippen LogP contribution in [0.1, 0.15) is 16.7 Å². The second-order valence-corrected chi connectivity index (χ2v) is 5.32. The van der Waals surface area contributed by atoms with Gasteiger partial charge in [-0.1, -0.05) is 48.5 Å². The summed E-state index contributed by atoms with van der Waals surface area (Å²) in [5, 5.41) is 2.53. The molecule has 0 fully saturated rings.